The first-order valence-corrected chi connectivity index (χ1v) is 3.20. The van der Waals surface area contributed by atoms with Crippen LogP contribution in [0, 0.1) is 0 Å². The minimum atomic E-state index is -0.333. The fourth-order valence-electron chi connectivity index (χ4n) is 0.625. The van der Waals surface area contributed by atoms with Gasteiger partial charge in [0.2, 0.25) is 5.91 Å². The summed E-state index contributed by atoms with van der Waals surface area (Å²) in [5.74, 6) is -0.333. The topological polar surface area (TPSA) is 55.1 Å². The molecule has 3 nitrogen and oxygen atoms in total. The second kappa shape index (κ2) is 5.56. The predicted molar refractivity (Wildman–Crippen MR) is 39.1 cm³/mol. The molecule has 1 aliphatic rings. The van der Waals surface area contributed by atoms with Crippen molar-refractivity contribution in [2.75, 3.05) is 13.1 Å². The fourth-order valence-corrected chi connectivity index (χ4v) is 0.625. The Balaban J connectivity index is 0. The van der Waals surface area contributed by atoms with Crippen molar-refractivity contribution in [3.63, 3.8) is 0 Å². The molecule has 1 saturated heterocycles. The minimum absolute atomic E-state index is 0. The summed E-state index contributed by atoms with van der Waals surface area (Å²) >= 11 is 0. The molecule has 1 heterocycles. The summed E-state index contributed by atoms with van der Waals surface area (Å²) in [4.78, 5) is 9.22. The number of amides is 1. The number of hydrogen-bond acceptors (Lipinski definition) is 2. The highest BCUT2D eigenvalue weighted by Gasteiger charge is 1.93. The van der Waals surface area contributed by atoms with Crippen molar-refractivity contribution in [3.05, 3.63) is 0 Å². The zero-order chi connectivity index (χ0) is 7.11. The van der Waals surface area contributed by atoms with Gasteiger partial charge in [0.25, 0.3) is 0 Å². The van der Waals surface area contributed by atoms with Crippen LogP contribution in [0.3, 0.4) is 0 Å². The van der Waals surface area contributed by atoms with Crippen LogP contribution in [0.5, 0.6) is 0 Å². The molecular formula is C6H16N2O. The summed E-state index contributed by atoms with van der Waals surface area (Å²) < 4.78 is 0. The van der Waals surface area contributed by atoms with Gasteiger partial charge in [-0.3, -0.25) is 4.79 Å². The van der Waals surface area contributed by atoms with E-state index in [0.29, 0.717) is 0 Å². The predicted octanol–water partition coefficient (Wildman–Crippen LogP) is 0.107. The third-order valence-corrected chi connectivity index (χ3v) is 0.957. The molecular weight excluding hydrogens is 116 g/mol. The number of hydrogen-bond donors (Lipinski definition) is 2. The highest BCUT2D eigenvalue weighted by Crippen LogP contribution is 1.90. The largest absolute Gasteiger partial charge is 0.370 e. The highest BCUT2D eigenvalue weighted by atomic mass is 16.1. The molecule has 0 radical (unpaired) electrons. The lowest BCUT2D eigenvalue weighted by Crippen LogP contribution is -2.03. The van der Waals surface area contributed by atoms with Crippen LogP contribution in [0.2, 0.25) is 0 Å². The first-order chi connectivity index (χ1) is 4.23. The lowest BCUT2D eigenvalue weighted by atomic mass is 10.4. The molecule has 0 aromatic carbocycles. The Morgan fingerprint density at radius 1 is 1.56 bits per heavy atom. The average molecular weight is 132 g/mol. The quantitative estimate of drug-likeness (QED) is 0.491. The van der Waals surface area contributed by atoms with Crippen LogP contribution < -0.4 is 11.1 Å². The molecule has 0 aromatic rings. The maximum atomic E-state index is 9.22. The molecule has 9 heavy (non-hydrogen) atoms. The molecule has 0 bridgehead atoms. The second-order valence-electron chi connectivity index (χ2n) is 2.07. The van der Waals surface area contributed by atoms with Gasteiger partial charge in [-0.05, 0) is 25.9 Å². The SMILES string of the molecule is C1CCNC1.CC(N)=O.[HH]. The van der Waals surface area contributed by atoms with E-state index in [1.54, 1.807) is 0 Å². The molecule has 0 unspecified atom stereocenters. The third-order valence-electron chi connectivity index (χ3n) is 0.957. The molecule has 0 saturated carbocycles. The molecule has 1 aliphatic heterocycles. The molecule has 0 atom stereocenters. The Bertz CT molecular complexity index is 72.2. The summed E-state index contributed by atoms with van der Waals surface area (Å²) in [5.41, 5.74) is 4.47. The van der Waals surface area contributed by atoms with Crippen molar-refractivity contribution in [2.24, 2.45) is 5.73 Å². The van der Waals surface area contributed by atoms with Gasteiger partial charge in [-0.1, -0.05) is 0 Å². The van der Waals surface area contributed by atoms with Crippen molar-refractivity contribution in [1.82, 2.24) is 5.32 Å². The number of carbonyl (C=O) groups is 1. The van der Waals surface area contributed by atoms with Gasteiger partial charge in [0.05, 0.1) is 0 Å². The van der Waals surface area contributed by atoms with Gasteiger partial charge in [-0.25, -0.2) is 0 Å². The number of rotatable bonds is 0. The lowest BCUT2D eigenvalue weighted by molar-refractivity contribution is -0.115. The Morgan fingerprint density at radius 2 is 1.89 bits per heavy atom. The normalized spacial score (nSPS) is 16.1. The maximum Gasteiger partial charge on any atom is 0.214 e. The van der Waals surface area contributed by atoms with Crippen LogP contribution in [-0.2, 0) is 4.79 Å². The van der Waals surface area contributed by atoms with Gasteiger partial charge in [0.1, 0.15) is 0 Å². The maximum absolute atomic E-state index is 9.22. The van der Waals surface area contributed by atoms with Crippen LogP contribution in [0.1, 0.15) is 21.2 Å². The molecule has 1 rings (SSSR count). The van der Waals surface area contributed by atoms with E-state index in [-0.39, 0.29) is 7.33 Å². The zero-order valence-corrected chi connectivity index (χ0v) is 5.81. The molecule has 0 aromatic heterocycles. The van der Waals surface area contributed by atoms with Gasteiger partial charge in [0, 0.05) is 8.35 Å². The molecule has 3 N–H and O–H groups in total. The summed E-state index contributed by atoms with van der Waals surface area (Å²) in [6.45, 7) is 3.81. The summed E-state index contributed by atoms with van der Waals surface area (Å²) in [6.07, 6.45) is 2.78. The Kier molecular flexibility index (Phi) is 5.21. The number of carbonyl (C=O) groups excluding carboxylic acids is 1. The zero-order valence-electron chi connectivity index (χ0n) is 5.81. The number of nitrogens with two attached hydrogens (primary N) is 1. The van der Waals surface area contributed by atoms with E-state index in [2.05, 4.69) is 11.1 Å². The van der Waals surface area contributed by atoms with Crippen LogP contribution in [-0.4, -0.2) is 19.0 Å². The summed E-state index contributed by atoms with van der Waals surface area (Å²) in [7, 11) is 0. The van der Waals surface area contributed by atoms with E-state index in [9.17, 15) is 4.79 Å². The van der Waals surface area contributed by atoms with Gasteiger partial charge in [-0.15, -0.1) is 0 Å². The van der Waals surface area contributed by atoms with Crippen LogP contribution in [0.4, 0.5) is 0 Å². The van der Waals surface area contributed by atoms with E-state index in [1.165, 1.54) is 32.9 Å². The van der Waals surface area contributed by atoms with Crippen molar-refractivity contribution >= 4 is 5.91 Å². The first kappa shape index (κ1) is 8.43. The Hall–Kier alpha value is -0.570. The van der Waals surface area contributed by atoms with E-state index >= 15 is 0 Å². The first-order valence-electron chi connectivity index (χ1n) is 3.20. The van der Waals surface area contributed by atoms with E-state index in [0.717, 1.165) is 0 Å². The second-order valence-corrected chi connectivity index (χ2v) is 2.07. The molecule has 0 spiro atoms. The number of primary amides is 1. The van der Waals surface area contributed by atoms with E-state index < -0.39 is 0 Å². The fraction of sp³-hybridized carbons (Fsp3) is 0.833. The van der Waals surface area contributed by atoms with Gasteiger partial charge >= 0.3 is 0 Å². The lowest BCUT2D eigenvalue weighted by Gasteiger charge is -1.76. The monoisotopic (exact) mass is 132 g/mol. The van der Waals surface area contributed by atoms with Gasteiger partial charge in [-0.2, -0.15) is 0 Å². The van der Waals surface area contributed by atoms with Crippen molar-refractivity contribution in [2.45, 2.75) is 19.8 Å². The van der Waals surface area contributed by atoms with Crippen LogP contribution >= 0.6 is 0 Å². The Morgan fingerprint density at radius 3 is 2.00 bits per heavy atom. The van der Waals surface area contributed by atoms with Crippen molar-refractivity contribution in [3.8, 4) is 0 Å². The smallest absolute Gasteiger partial charge is 0.214 e. The van der Waals surface area contributed by atoms with Crippen molar-refractivity contribution < 1.29 is 6.22 Å². The van der Waals surface area contributed by atoms with Crippen molar-refractivity contribution in [1.29, 1.82) is 0 Å². The summed E-state index contributed by atoms with van der Waals surface area (Å²) in [5, 5.41) is 3.22. The third kappa shape index (κ3) is 11.2. The van der Waals surface area contributed by atoms with E-state index in [4.69, 9.17) is 0 Å². The highest BCUT2D eigenvalue weighted by molar-refractivity contribution is 5.70. The van der Waals surface area contributed by atoms with Gasteiger partial charge < -0.3 is 11.1 Å². The molecule has 0 aliphatic carbocycles. The molecule has 1 amide bonds. The molecule has 3 heteroatoms. The number of nitrogens with one attached hydrogen (secondary N) is 1. The molecule has 56 valence electrons. The van der Waals surface area contributed by atoms with Crippen LogP contribution in [0.25, 0.3) is 0 Å². The van der Waals surface area contributed by atoms with E-state index in [1.807, 2.05) is 0 Å². The standard InChI is InChI=1S/C4H9N.C2H5NO.H2/c1-2-4-5-3-1;1-2(3)4;/h5H,1-4H2;1H3,(H2,3,4);1H. The van der Waals surface area contributed by atoms with Crippen LogP contribution in [0.15, 0.2) is 0 Å². The Labute approximate surface area is 57.1 Å². The molecule has 1 fully saturated rings. The van der Waals surface area contributed by atoms with Gasteiger partial charge in [0.15, 0.2) is 0 Å². The minimum Gasteiger partial charge on any atom is -0.370 e. The summed E-state index contributed by atoms with van der Waals surface area (Å²) in [6, 6.07) is 0. The average Bonchev–Trinajstić information content (AvgIpc) is 2.11.